The van der Waals surface area contributed by atoms with Crippen LogP contribution >= 0.6 is 0 Å². The number of rotatable bonds is 7. The van der Waals surface area contributed by atoms with E-state index in [9.17, 15) is 0 Å². The van der Waals surface area contributed by atoms with E-state index in [0.717, 1.165) is 41.3 Å². The van der Waals surface area contributed by atoms with Gasteiger partial charge < -0.3 is 5.32 Å². The lowest BCUT2D eigenvalue weighted by Gasteiger charge is -2.09. The smallest absolute Gasteiger partial charge is 0.181 e. The number of hydrogen-bond donors (Lipinski definition) is 2. The van der Waals surface area contributed by atoms with E-state index >= 15 is 0 Å². The van der Waals surface area contributed by atoms with Crippen molar-refractivity contribution in [3.05, 3.63) is 72.4 Å². The first-order valence-corrected chi connectivity index (χ1v) is 9.31. The van der Waals surface area contributed by atoms with Crippen LogP contribution in [0.25, 0.3) is 22.8 Å². The molecule has 0 spiro atoms. The molecule has 0 radical (unpaired) electrons. The van der Waals surface area contributed by atoms with Crippen molar-refractivity contribution in [1.29, 1.82) is 0 Å². The molecule has 0 saturated heterocycles. The van der Waals surface area contributed by atoms with Crippen molar-refractivity contribution in [2.45, 2.75) is 19.8 Å². The van der Waals surface area contributed by atoms with Crippen LogP contribution in [0.1, 0.15) is 18.4 Å². The van der Waals surface area contributed by atoms with Crippen LogP contribution in [-0.2, 0) is 12.8 Å². The molecular weight excluding hydrogens is 350 g/mol. The molecule has 4 rings (SSSR count). The second kappa shape index (κ2) is 8.39. The summed E-state index contributed by atoms with van der Waals surface area (Å²) in [6.07, 6.45) is 5.06. The molecule has 2 N–H and O–H groups in total. The largest absolute Gasteiger partial charge is 0.369 e. The fourth-order valence-electron chi connectivity index (χ4n) is 2.83. The molecule has 0 fully saturated rings. The van der Waals surface area contributed by atoms with E-state index in [2.05, 4.69) is 42.4 Å². The molecule has 4 aromatic rings. The molecule has 3 aromatic heterocycles. The second-order valence-corrected chi connectivity index (χ2v) is 6.31. The van der Waals surface area contributed by atoms with Gasteiger partial charge in [0.25, 0.3) is 0 Å². The van der Waals surface area contributed by atoms with Gasteiger partial charge >= 0.3 is 0 Å². The van der Waals surface area contributed by atoms with Gasteiger partial charge in [0.05, 0.1) is 0 Å². The Morgan fingerprint density at radius 3 is 2.46 bits per heavy atom. The molecule has 7 nitrogen and oxygen atoms in total. The zero-order valence-corrected chi connectivity index (χ0v) is 15.6. The zero-order valence-electron chi connectivity index (χ0n) is 15.6. The first-order chi connectivity index (χ1) is 13.8. The molecule has 0 atom stereocenters. The highest BCUT2D eigenvalue weighted by Gasteiger charge is 2.08. The van der Waals surface area contributed by atoms with Crippen LogP contribution in [0, 0.1) is 0 Å². The first-order valence-electron chi connectivity index (χ1n) is 9.31. The number of aromatic nitrogens is 6. The highest BCUT2D eigenvalue weighted by Crippen LogP contribution is 2.18. The van der Waals surface area contributed by atoms with Crippen molar-refractivity contribution < 1.29 is 0 Å². The third-order valence-corrected chi connectivity index (χ3v) is 4.31. The minimum Gasteiger partial charge on any atom is -0.369 e. The quantitative estimate of drug-likeness (QED) is 0.516. The van der Waals surface area contributed by atoms with Crippen LogP contribution in [0.3, 0.4) is 0 Å². The summed E-state index contributed by atoms with van der Waals surface area (Å²) in [6.45, 7) is 2.78. The minimum absolute atomic E-state index is 0.694. The second-order valence-electron chi connectivity index (χ2n) is 6.31. The maximum absolute atomic E-state index is 4.64. The van der Waals surface area contributed by atoms with E-state index in [4.69, 9.17) is 0 Å². The van der Waals surface area contributed by atoms with Crippen LogP contribution in [-0.4, -0.2) is 36.7 Å². The zero-order chi connectivity index (χ0) is 19.2. The maximum atomic E-state index is 4.64. The number of aryl methyl sites for hydroxylation is 1. The predicted molar refractivity (Wildman–Crippen MR) is 109 cm³/mol. The van der Waals surface area contributed by atoms with E-state index in [1.807, 2.05) is 48.5 Å². The van der Waals surface area contributed by atoms with Crippen LogP contribution in [0.4, 0.5) is 5.82 Å². The molecule has 0 aliphatic carbocycles. The van der Waals surface area contributed by atoms with Gasteiger partial charge in [-0.2, -0.15) is 5.10 Å². The van der Waals surface area contributed by atoms with Gasteiger partial charge in [-0.3, -0.25) is 10.1 Å². The van der Waals surface area contributed by atoms with Gasteiger partial charge in [0.15, 0.2) is 11.6 Å². The lowest BCUT2D eigenvalue weighted by atomic mass is 10.2. The Balaban J connectivity index is 1.43. The molecule has 0 aliphatic rings. The van der Waals surface area contributed by atoms with E-state index in [1.165, 1.54) is 0 Å². The van der Waals surface area contributed by atoms with Crippen molar-refractivity contribution in [3.63, 3.8) is 0 Å². The number of anilines is 1. The highest BCUT2D eigenvalue weighted by molar-refractivity contribution is 5.57. The van der Waals surface area contributed by atoms with Crippen LogP contribution in [0.5, 0.6) is 0 Å². The third-order valence-electron chi connectivity index (χ3n) is 4.31. The van der Waals surface area contributed by atoms with Gasteiger partial charge in [-0.05, 0) is 18.6 Å². The van der Waals surface area contributed by atoms with Gasteiger partial charge in [-0.1, -0.05) is 37.3 Å². The van der Waals surface area contributed by atoms with Gasteiger partial charge in [-0.25, -0.2) is 15.0 Å². The first kappa shape index (κ1) is 17.8. The standard InChI is InChI=1S/C21H21N7/c1-2-17-14-19(26-20(24-17)16-8-11-22-12-9-16)23-13-10-18-25-21(28-27-18)15-6-4-3-5-7-15/h3-9,11-12,14H,2,10,13H2,1H3,(H,23,24,26)(H,25,27,28). The average Bonchev–Trinajstić information content (AvgIpc) is 3.24. The Labute approximate surface area is 163 Å². The average molecular weight is 371 g/mol. The lowest BCUT2D eigenvalue weighted by molar-refractivity contribution is 0.893. The minimum atomic E-state index is 0.694. The number of benzene rings is 1. The summed E-state index contributed by atoms with van der Waals surface area (Å²) in [4.78, 5) is 17.9. The topological polar surface area (TPSA) is 92.3 Å². The molecule has 140 valence electrons. The normalized spacial score (nSPS) is 10.8. The SMILES string of the molecule is CCc1cc(NCCc2nc(-c3ccccc3)n[nH]2)nc(-c2ccncc2)n1. The summed E-state index contributed by atoms with van der Waals surface area (Å²) in [5.41, 5.74) is 2.95. The predicted octanol–water partition coefficient (Wildman–Crippen LogP) is 3.54. The Morgan fingerprint density at radius 1 is 0.893 bits per heavy atom. The number of hydrogen-bond acceptors (Lipinski definition) is 6. The van der Waals surface area contributed by atoms with Gasteiger partial charge in [-0.15, -0.1) is 0 Å². The Bertz CT molecular complexity index is 1030. The molecule has 3 heterocycles. The molecule has 1 aromatic carbocycles. The highest BCUT2D eigenvalue weighted by atomic mass is 15.2. The van der Waals surface area contributed by atoms with Crippen molar-refractivity contribution in [3.8, 4) is 22.8 Å². The maximum Gasteiger partial charge on any atom is 0.181 e. The molecule has 0 saturated carbocycles. The van der Waals surface area contributed by atoms with Crippen molar-refractivity contribution in [2.24, 2.45) is 0 Å². The number of nitrogens with zero attached hydrogens (tertiary/aromatic N) is 5. The summed E-state index contributed by atoms with van der Waals surface area (Å²) >= 11 is 0. The molecule has 28 heavy (non-hydrogen) atoms. The number of nitrogens with one attached hydrogen (secondary N) is 2. The summed E-state index contributed by atoms with van der Waals surface area (Å²) in [5.74, 6) is 3.06. The number of aromatic amines is 1. The molecular formula is C21H21N7. The van der Waals surface area contributed by atoms with Crippen molar-refractivity contribution in [2.75, 3.05) is 11.9 Å². The van der Waals surface area contributed by atoms with Crippen LogP contribution in [0.2, 0.25) is 0 Å². The van der Waals surface area contributed by atoms with Gasteiger partial charge in [0, 0.05) is 48.2 Å². The Morgan fingerprint density at radius 2 is 1.68 bits per heavy atom. The van der Waals surface area contributed by atoms with E-state index in [0.29, 0.717) is 18.2 Å². The number of pyridine rings is 1. The van der Waals surface area contributed by atoms with Crippen molar-refractivity contribution in [1.82, 2.24) is 30.1 Å². The molecule has 0 bridgehead atoms. The molecule has 7 heteroatoms. The van der Waals surface area contributed by atoms with E-state index in [1.54, 1.807) is 12.4 Å². The van der Waals surface area contributed by atoms with Crippen LogP contribution < -0.4 is 5.32 Å². The molecule has 0 unspecified atom stereocenters. The fourth-order valence-corrected chi connectivity index (χ4v) is 2.83. The third kappa shape index (κ3) is 4.20. The van der Waals surface area contributed by atoms with Crippen molar-refractivity contribution >= 4 is 5.82 Å². The Kier molecular flexibility index (Phi) is 5.33. The van der Waals surface area contributed by atoms with Gasteiger partial charge in [0.1, 0.15) is 11.6 Å². The van der Waals surface area contributed by atoms with E-state index in [-0.39, 0.29) is 0 Å². The summed E-state index contributed by atoms with van der Waals surface area (Å²) in [6, 6.07) is 15.8. The summed E-state index contributed by atoms with van der Waals surface area (Å²) in [7, 11) is 0. The van der Waals surface area contributed by atoms with Gasteiger partial charge in [0.2, 0.25) is 0 Å². The summed E-state index contributed by atoms with van der Waals surface area (Å²) in [5, 5.41) is 10.7. The molecule has 0 aliphatic heterocycles. The fraction of sp³-hybridized carbons (Fsp3) is 0.190. The Hall–Kier alpha value is -3.61. The lowest BCUT2D eigenvalue weighted by Crippen LogP contribution is -2.09. The molecule has 0 amide bonds. The van der Waals surface area contributed by atoms with Crippen LogP contribution in [0.15, 0.2) is 60.9 Å². The monoisotopic (exact) mass is 371 g/mol. The van der Waals surface area contributed by atoms with E-state index < -0.39 is 0 Å². The summed E-state index contributed by atoms with van der Waals surface area (Å²) < 4.78 is 0. The number of H-pyrrole nitrogens is 1.